The Hall–Kier alpha value is -2.42. The van der Waals surface area contributed by atoms with E-state index in [9.17, 15) is 9.59 Å². The molecule has 2 rings (SSSR count). The Kier molecular flexibility index (Phi) is 4.31. The second kappa shape index (κ2) is 6.15. The minimum atomic E-state index is -0.213. The average molecular weight is 267 g/mol. The Morgan fingerprint density at radius 2 is 1.70 bits per heavy atom. The zero-order valence-corrected chi connectivity index (χ0v) is 11.6. The maximum Gasteiger partial charge on any atom is 0.251 e. The molecule has 20 heavy (non-hydrogen) atoms. The largest absolute Gasteiger partial charge is 0.345 e. The van der Waals surface area contributed by atoms with E-state index in [4.69, 9.17) is 0 Å². The highest BCUT2D eigenvalue weighted by atomic mass is 16.2. The summed E-state index contributed by atoms with van der Waals surface area (Å²) < 4.78 is 0. The highest BCUT2D eigenvalue weighted by Gasteiger charge is 2.11. The van der Waals surface area contributed by atoms with Gasteiger partial charge in [-0.2, -0.15) is 0 Å². The number of rotatable bonds is 4. The Balaban J connectivity index is 2.02. The molecule has 1 N–H and O–H groups in total. The topological polar surface area (TPSA) is 46.2 Å². The third-order valence-corrected chi connectivity index (χ3v) is 3.14. The molecule has 0 saturated carbocycles. The molecule has 3 nitrogen and oxygen atoms in total. The van der Waals surface area contributed by atoms with Gasteiger partial charge < -0.3 is 5.32 Å². The predicted molar refractivity (Wildman–Crippen MR) is 79.0 cm³/mol. The third-order valence-electron chi connectivity index (χ3n) is 3.14. The first kappa shape index (κ1) is 14.0. The van der Waals surface area contributed by atoms with Crippen LogP contribution in [0.2, 0.25) is 0 Å². The van der Waals surface area contributed by atoms with E-state index in [-0.39, 0.29) is 18.2 Å². The minimum Gasteiger partial charge on any atom is -0.345 e. The van der Waals surface area contributed by atoms with Gasteiger partial charge in [-0.05, 0) is 25.5 Å². The van der Waals surface area contributed by atoms with Crippen molar-refractivity contribution in [3.8, 4) is 0 Å². The lowest BCUT2D eigenvalue weighted by molar-refractivity contribution is 0.0903. The van der Waals surface area contributed by atoms with Crippen LogP contribution in [-0.2, 0) is 0 Å². The van der Waals surface area contributed by atoms with E-state index < -0.39 is 0 Å². The average Bonchev–Trinajstić information content (AvgIpc) is 2.47. The zero-order valence-electron chi connectivity index (χ0n) is 11.6. The normalized spacial score (nSPS) is 10.1. The Labute approximate surface area is 118 Å². The standard InChI is InChI=1S/C17H17NO2/c1-12-8-9-13(2)15(10-12)17(20)18-11-16(19)14-6-4-3-5-7-14/h3-10H,11H2,1-2H3,(H,18,20). The summed E-state index contributed by atoms with van der Waals surface area (Å²) in [6, 6.07) is 14.6. The summed E-state index contributed by atoms with van der Waals surface area (Å²) in [5.74, 6) is -0.306. The van der Waals surface area contributed by atoms with E-state index in [2.05, 4.69) is 5.32 Å². The number of hydrogen-bond acceptors (Lipinski definition) is 2. The summed E-state index contributed by atoms with van der Waals surface area (Å²) in [6.07, 6.45) is 0. The van der Waals surface area contributed by atoms with E-state index in [0.717, 1.165) is 11.1 Å². The van der Waals surface area contributed by atoms with Crippen LogP contribution < -0.4 is 5.32 Å². The molecular formula is C17H17NO2. The third kappa shape index (κ3) is 3.32. The molecular weight excluding hydrogens is 250 g/mol. The number of amides is 1. The molecule has 0 heterocycles. The summed E-state index contributed by atoms with van der Waals surface area (Å²) in [6.45, 7) is 3.83. The fourth-order valence-electron chi connectivity index (χ4n) is 1.96. The van der Waals surface area contributed by atoms with Crippen LogP contribution in [0.4, 0.5) is 0 Å². The van der Waals surface area contributed by atoms with E-state index in [1.165, 1.54) is 0 Å². The Morgan fingerprint density at radius 3 is 2.40 bits per heavy atom. The molecule has 0 aliphatic heterocycles. The Morgan fingerprint density at radius 1 is 1.00 bits per heavy atom. The van der Waals surface area contributed by atoms with Crippen molar-refractivity contribution in [3.63, 3.8) is 0 Å². The molecule has 0 atom stereocenters. The van der Waals surface area contributed by atoms with Crippen LogP contribution in [0.3, 0.4) is 0 Å². The molecule has 0 spiro atoms. The maximum absolute atomic E-state index is 12.1. The van der Waals surface area contributed by atoms with Crippen molar-refractivity contribution in [1.82, 2.24) is 5.32 Å². The van der Waals surface area contributed by atoms with Gasteiger partial charge in [0.1, 0.15) is 0 Å². The van der Waals surface area contributed by atoms with Gasteiger partial charge >= 0.3 is 0 Å². The van der Waals surface area contributed by atoms with E-state index in [1.54, 1.807) is 24.3 Å². The summed E-state index contributed by atoms with van der Waals surface area (Å²) >= 11 is 0. The van der Waals surface area contributed by atoms with Gasteiger partial charge in [0.15, 0.2) is 5.78 Å². The van der Waals surface area contributed by atoms with Crippen molar-refractivity contribution < 1.29 is 9.59 Å². The minimum absolute atomic E-state index is 0.0101. The first-order valence-corrected chi connectivity index (χ1v) is 6.51. The van der Waals surface area contributed by atoms with Crippen molar-refractivity contribution in [3.05, 3.63) is 70.8 Å². The molecule has 0 bridgehead atoms. The number of nitrogens with one attached hydrogen (secondary N) is 1. The van der Waals surface area contributed by atoms with Crippen molar-refractivity contribution in [2.24, 2.45) is 0 Å². The zero-order chi connectivity index (χ0) is 14.5. The van der Waals surface area contributed by atoms with Crippen LogP contribution in [-0.4, -0.2) is 18.2 Å². The van der Waals surface area contributed by atoms with E-state index >= 15 is 0 Å². The van der Waals surface area contributed by atoms with E-state index in [0.29, 0.717) is 11.1 Å². The first-order valence-electron chi connectivity index (χ1n) is 6.51. The lowest BCUT2D eigenvalue weighted by atomic mass is 10.0. The van der Waals surface area contributed by atoms with Gasteiger partial charge in [0.2, 0.25) is 0 Å². The monoisotopic (exact) mass is 267 g/mol. The highest BCUT2D eigenvalue weighted by Crippen LogP contribution is 2.10. The predicted octanol–water partition coefficient (Wildman–Crippen LogP) is 2.92. The van der Waals surface area contributed by atoms with Crippen LogP contribution in [0.15, 0.2) is 48.5 Å². The second-order valence-electron chi connectivity index (χ2n) is 4.79. The number of aryl methyl sites for hydroxylation is 2. The smallest absolute Gasteiger partial charge is 0.251 e. The summed E-state index contributed by atoms with van der Waals surface area (Å²) in [5, 5.41) is 2.68. The molecule has 0 saturated heterocycles. The number of benzene rings is 2. The molecule has 0 aliphatic rings. The van der Waals surface area contributed by atoms with Crippen molar-refractivity contribution >= 4 is 11.7 Å². The van der Waals surface area contributed by atoms with Crippen LogP contribution in [0.5, 0.6) is 0 Å². The van der Waals surface area contributed by atoms with Gasteiger partial charge in [-0.15, -0.1) is 0 Å². The lowest BCUT2D eigenvalue weighted by Gasteiger charge is -2.08. The first-order chi connectivity index (χ1) is 9.58. The number of carbonyl (C=O) groups is 2. The number of Topliss-reactive ketones (excluding diaryl/α,β-unsaturated/α-hetero) is 1. The molecule has 0 aliphatic carbocycles. The van der Waals surface area contributed by atoms with Gasteiger partial charge in [0.05, 0.1) is 6.54 Å². The molecule has 2 aromatic carbocycles. The second-order valence-corrected chi connectivity index (χ2v) is 4.79. The van der Waals surface area contributed by atoms with Gasteiger partial charge in [0.25, 0.3) is 5.91 Å². The maximum atomic E-state index is 12.1. The van der Waals surface area contributed by atoms with Crippen LogP contribution in [0, 0.1) is 13.8 Å². The molecule has 0 fully saturated rings. The SMILES string of the molecule is Cc1ccc(C)c(C(=O)NCC(=O)c2ccccc2)c1. The molecule has 0 aromatic heterocycles. The number of carbonyl (C=O) groups excluding carboxylic acids is 2. The fraction of sp³-hybridized carbons (Fsp3) is 0.176. The highest BCUT2D eigenvalue weighted by molar-refractivity contribution is 6.02. The molecule has 1 amide bonds. The molecule has 0 unspecified atom stereocenters. The lowest BCUT2D eigenvalue weighted by Crippen LogP contribution is -2.30. The van der Waals surface area contributed by atoms with Gasteiger partial charge in [-0.25, -0.2) is 0 Å². The summed E-state index contributed by atoms with van der Waals surface area (Å²) in [7, 11) is 0. The summed E-state index contributed by atoms with van der Waals surface area (Å²) in [5.41, 5.74) is 3.15. The molecule has 2 aromatic rings. The molecule has 3 heteroatoms. The van der Waals surface area contributed by atoms with Crippen molar-refractivity contribution in [2.45, 2.75) is 13.8 Å². The number of ketones is 1. The summed E-state index contributed by atoms with van der Waals surface area (Å²) in [4.78, 5) is 24.0. The van der Waals surface area contributed by atoms with E-state index in [1.807, 2.05) is 38.1 Å². The molecule has 102 valence electrons. The van der Waals surface area contributed by atoms with Crippen LogP contribution in [0.1, 0.15) is 31.8 Å². The van der Waals surface area contributed by atoms with Gasteiger partial charge in [0, 0.05) is 11.1 Å². The number of hydrogen-bond donors (Lipinski definition) is 1. The quantitative estimate of drug-likeness (QED) is 0.866. The van der Waals surface area contributed by atoms with Gasteiger partial charge in [-0.3, -0.25) is 9.59 Å². The fourth-order valence-corrected chi connectivity index (χ4v) is 1.96. The van der Waals surface area contributed by atoms with Crippen molar-refractivity contribution in [2.75, 3.05) is 6.54 Å². The van der Waals surface area contributed by atoms with Crippen LogP contribution >= 0.6 is 0 Å². The van der Waals surface area contributed by atoms with Crippen LogP contribution in [0.25, 0.3) is 0 Å². The Bertz CT molecular complexity index is 633. The van der Waals surface area contributed by atoms with Gasteiger partial charge in [-0.1, -0.05) is 48.0 Å². The van der Waals surface area contributed by atoms with Crippen molar-refractivity contribution in [1.29, 1.82) is 0 Å². The molecule has 0 radical (unpaired) electrons.